The second-order valence-corrected chi connectivity index (χ2v) is 5.73. The summed E-state index contributed by atoms with van der Waals surface area (Å²) in [7, 11) is 0. The van der Waals surface area contributed by atoms with Crippen LogP contribution in [0.1, 0.15) is 30.9 Å². The standard InChI is InChI=1S/C19H24ClNO2/c1-3-22-18-8-6-5-7-14(18)11-15(13-21)17-12-16(20)9-10-19(17)23-4-2/h5-10,12,15H,3-4,11,13,21H2,1-2H3. The summed E-state index contributed by atoms with van der Waals surface area (Å²) in [5.74, 6) is 1.88. The molecule has 0 bridgehead atoms. The van der Waals surface area contributed by atoms with Crippen molar-refractivity contribution < 1.29 is 9.47 Å². The molecule has 0 aliphatic heterocycles. The molecule has 2 aromatic carbocycles. The van der Waals surface area contributed by atoms with Gasteiger partial charge in [-0.15, -0.1) is 0 Å². The van der Waals surface area contributed by atoms with Crippen LogP contribution in [0.15, 0.2) is 42.5 Å². The Labute approximate surface area is 143 Å². The first-order valence-corrected chi connectivity index (χ1v) is 8.40. The summed E-state index contributed by atoms with van der Waals surface area (Å²) >= 11 is 6.18. The van der Waals surface area contributed by atoms with E-state index < -0.39 is 0 Å². The van der Waals surface area contributed by atoms with E-state index in [-0.39, 0.29) is 5.92 Å². The molecule has 0 saturated heterocycles. The lowest BCUT2D eigenvalue weighted by atomic mass is 9.91. The highest BCUT2D eigenvalue weighted by atomic mass is 35.5. The molecule has 0 spiro atoms. The van der Waals surface area contributed by atoms with E-state index in [0.29, 0.717) is 24.8 Å². The third kappa shape index (κ3) is 4.63. The maximum absolute atomic E-state index is 6.18. The summed E-state index contributed by atoms with van der Waals surface area (Å²) in [5, 5.41) is 0.694. The Bertz CT molecular complexity index is 631. The second-order valence-electron chi connectivity index (χ2n) is 5.29. The van der Waals surface area contributed by atoms with Crippen LogP contribution in [0.2, 0.25) is 5.02 Å². The summed E-state index contributed by atoms with van der Waals surface area (Å²) in [6, 6.07) is 13.8. The fraction of sp³-hybridized carbons (Fsp3) is 0.368. The largest absolute Gasteiger partial charge is 0.494 e. The lowest BCUT2D eigenvalue weighted by Crippen LogP contribution is -2.17. The molecule has 0 saturated carbocycles. The molecule has 2 N–H and O–H groups in total. The Morgan fingerprint density at radius 2 is 1.70 bits per heavy atom. The van der Waals surface area contributed by atoms with Crippen molar-refractivity contribution in [3.63, 3.8) is 0 Å². The van der Waals surface area contributed by atoms with Gasteiger partial charge in [-0.25, -0.2) is 0 Å². The van der Waals surface area contributed by atoms with Crippen LogP contribution in [0.4, 0.5) is 0 Å². The Hall–Kier alpha value is -1.71. The van der Waals surface area contributed by atoms with E-state index in [1.54, 1.807) is 0 Å². The van der Waals surface area contributed by atoms with Gasteiger partial charge >= 0.3 is 0 Å². The molecule has 124 valence electrons. The lowest BCUT2D eigenvalue weighted by molar-refractivity contribution is 0.330. The summed E-state index contributed by atoms with van der Waals surface area (Å²) in [4.78, 5) is 0. The normalized spacial score (nSPS) is 12.0. The van der Waals surface area contributed by atoms with Crippen LogP contribution in [0.25, 0.3) is 0 Å². The summed E-state index contributed by atoms with van der Waals surface area (Å²) in [5.41, 5.74) is 8.25. The SMILES string of the molecule is CCOc1ccccc1CC(CN)c1cc(Cl)ccc1OCC. The van der Waals surface area contributed by atoms with Crippen molar-refractivity contribution in [1.82, 2.24) is 0 Å². The first kappa shape index (κ1) is 17.6. The average Bonchev–Trinajstić information content (AvgIpc) is 2.56. The molecule has 4 heteroatoms. The van der Waals surface area contributed by atoms with Crippen molar-refractivity contribution in [2.24, 2.45) is 5.73 Å². The Morgan fingerprint density at radius 1 is 1.00 bits per heavy atom. The molecule has 0 heterocycles. The molecular weight excluding hydrogens is 310 g/mol. The van der Waals surface area contributed by atoms with E-state index in [9.17, 15) is 0 Å². The molecule has 1 atom stereocenters. The molecular formula is C19H24ClNO2. The molecule has 0 fully saturated rings. The third-order valence-corrected chi connectivity index (χ3v) is 3.97. The van der Waals surface area contributed by atoms with Crippen molar-refractivity contribution in [2.45, 2.75) is 26.2 Å². The van der Waals surface area contributed by atoms with Crippen molar-refractivity contribution in [2.75, 3.05) is 19.8 Å². The number of hydrogen-bond donors (Lipinski definition) is 1. The van der Waals surface area contributed by atoms with E-state index in [1.165, 1.54) is 0 Å². The summed E-state index contributed by atoms with van der Waals surface area (Å²) < 4.78 is 11.5. The van der Waals surface area contributed by atoms with E-state index in [2.05, 4.69) is 6.07 Å². The predicted molar refractivity (Wildman–Crippen MR) is 95.7 cm³/mol. The van der Waals surface area contributed by atoms with Crippen molar-refractivity contribution in [1.29, 1.82) is 0 Å². The third-order valence-electron chi connectivity index (χ3n) is 3.73. The fourth-order valence-corrected chi connectivity index (χ4v) is 2.86. The number of benzene rings is 2. The van der Waals surface area contributed by atoms with Crippen LogP contribution in [0.3, 0.4) is 0 Å². The number of hydrogen-bond acceptors (Lipinski definition) is 3. The van der Waals surface area contributed by atoms with Crippen LogP contribution in [0, 0.1) is 0 Å². The van der Waals surface area contributed by atoms with Crippen molar-refractivity contribution >= 4 is 11.6 Å². The quantitative estimate of drug-likeness (QED) is 0.777. The van der Waals surface area contributed by atoms with Gasteiger partial charge in [0.25, 0.3) is 0 Å². The van der Waals surface area contributed by atoms with Gasteiger partial charge in [0.2, 0.25) is 0 Å². The van der Waals surface area contributed by atoms with Gasteiger partial charge in [-0.3, -0.25) is 0 Å². The second kappa shape index (κ2) is 8.80. The number of ether oxygens (including phenoxy) is 2. The topological polar surface area (TPSA) is 44.5 Å². The highest BCUT2D eigenvalue weighted by Gasteiger charge is 2.18. The highest BCUT2D eigenvalue weighted by molar-refractivity contribution is 6.30. The van der Waals surface area contributed by atoms with Crippen LogP contribution in [-0.2, 0) is 6.42 Å². The minimum absolute atomic E-state index is 0.122. The van der Waals surface area contributed by atoms with Gasteiger partial charge in [-0.05, 0) is 56.6 Å². The van der Waals surface area contributed by atoms with E-state index >= 15 is 0 Å². The fourth-order valence-electron chi connectivity index (χ4n) is 2.68. The van der Waals surface area contributed by atoms with Gasteiger partial charge in [0, 0.05) is 16.5 Å². The summed E-state index contributed by atoms with van der Waals surface area (Å²) in [6.45, 7) is 5.73. The van der Waals surface area contributed by atoms with E-state index in [0.717, 1.165) is 29.0 Å². The monoisotopic (exact) mass is 333 g/mol. The molecule has 3 nitrogen and oxygen atoms in total. The van der Waals surface area contributed by atoms with Gasteiger partial charge < -0.3 is 15.2 Å². The molecule has 0 radical (unpaired) electrons. The Balaban J connectivity index is 2.32. The molecule has 0 aliphatic rings. The van der Waals surface area contributed by atoms with Crippen molar-refractivity contribution in [3.8, 4) is 11.5 Å². The molecule has 2 rings (SSSR count). The number of nitrogens with two attached hydrogens (primary N) is 1. The minimum Gasteiger partial charge on any atom is -0.494 e. The number of halogens is 1. The van der Waals surface area contributed by atoms with Gasteiger partial charge in [0.1, 0.15) is 11.5 Å². The highest BCUT2D eigenvalue weighted by Crippen LogP contribution is 2.33. The Kier molecular flexibility index (Phi) is 6.75. The maximum Gasteiger partial charge on any atom is 0.122 e. The van der Waals surface area contributed by atoms with E-state index in [1.807, 2.05) is 50.2 Å². The average molecular weight is 334 g/mol. The zero-order valence-corrected chi connectivity index (χ0v) is 14.5. The van der Waals surface area contributed by atoms with Crippen LogP contribution < -0.4 is 15.2 Å². The zero-order chi connectivity index (χ0) is 16.7. The molecule has 1 unspecified atom stereocenters. The van der Waals surface area contributed by atoms with Crippen LogP contribution in [0.5, 0.6) is 11.5 Å². The molecule has 0 amide bonds. The van der Waals surface area contributed by atoms with Gasteiger partial charge in [0.05, 0.1) is 13.2 Å². The number of rotatable bonds is 8. The van der Waals surface area contributed by atoms with Crippen molar-refractivity contribution in [3.05, 3.63) is 58.6 Å². The Morgan fingerprint density at radius 3 is 2.39 bits per heavy atom. The maximum atomic E-state index is 6.18. The van der Waals surface area contributed by atoms with Gasteiger partial charge in [0.15, 0.2) is 0 Å². The van der Waals surface area contributed by atoms with Gasteiger partial charge in [-0.1, -0.05) is 29.8 Å². The smallest absolute Gasteiger partial charge is 0.122 e. The summed E-state index contributed by atoms with van der Waals surface area (Å²) in [6.07, 6.45) is 0.785. The lowest BCUT2D eigenvalue weighted by Gasteiger charge is -2.20. The molecule has 2 aromatic rings. The number of para-hydroxylation sites is 1. The van der Waals surface area contributed by atoms with Crippen LogP contribution in [-0.4, -0.2) is 19.8 Å². The van der Waals surface area contributed by atoms with Gasteiger partial charge in [-0.2, -0.15) is 0 Å². The first-order valence-electron chi connectivity index (χ1n) is 8.02. The minimum atomic E-state index is 0.122. The molecule has 23 heavy (non-hydrogen) atoms. The van der Waals surface area contributed by atoms with E-state index in [4.69, 9.17) is 26.8 Å². The molecule has 0 aliphatic carbocycles. The van der Waals surface area contributed by atoms with Crippen LogP contribution >= 0.6 is 11.6 Å². The zero-order valence-electron chi connectivity index (χ0n) is 13.7. The molecule has 0 aromatic heterocycles. The predicted octanol–water partition coefficient (Wildman–Crippen LogP) is 4.42. The first-order chi connectivity index (χ1) is 11.2.